The molecule has 1 aliphatic rings. The van der Waals surface area contributed by atoms with E-state index >= 15 is 0 Å². The van der Waals surface area contributed by atoms with Gasteiger partial charge >= 0.3 is 5.97 Å². The third kappa shape index (κ3) is 4.83. The van der Waals surface area contributed by atoms with Crippen molar-refractivity contribution in [2.24, 2.45) is 4.99 Å². The summed E-state index contributed by atoms with van der Waals surface area (Å²) < 4.78 is 5.57. The van der Waals surface area contributed by atoms with Gasteiger partial charge < -0.3 is 14.9 Å². The lowest BCUT2D eigenvalue weighted by Gasteiger charge is -2.12. The monoisotopic (exact) mass is 426 g/mol. The van der Waals surface area contributed by atoms with Crippen molar-refractivity contribution in [1.29, 1.82) is 0 Å². The fourth-order valence-corrected chi connectivity index (χ4v) is 3.85. The summed E-state index contributed by atoms with van der Waals surface area (Å²) in [5, 5.41) is 19.4. The van der Waals surface area contributed by atoms with E-state index in [-0.39, 0.29) is 17.2 Å². The number of carboxylic acid groups (broad SMARTS) is 1. The molecule has 0 spiro atoms. The molecule has 0 aromatic heterocycles. The number of aromatic carboxylic acids is 1. The van der Waals surface area contributed by atoms with Crippen molar-refractivity contribution < 1.29 is 24.5 Å². The number of phenols is 1. The first-order valence-electron chi connectivity index (χ1n) is 9.52. The summed E-state index contributed by atoms with van der Waals surface area (Å²) in [7, 11) is 0. The van der Waals surface area contributed by atoms with E-state index < -0.39 is 5.97 Å². The molecule has 0 saturated carbocycles. The number of nitrogens with zero attached hydrogens (tertiary/aromatic N) is 2. The van der Waals surface area contributed by atoms with E-state index in [4.69, 9.17) is 9.84 Å². The molecule has 1 saturated heterocycles. The summed E-state index contributed by atoms with van der Waals surface area (Å²) in [6.45, 7) is 4.98. The van der Waals surface area contributed by atoms with Crippen molar-refractivity contribution in [3.05, 3.63) is 58.5 Å². The fraction of sp³-hybridized carbons (Fsp3) is 0.227. The van der Waals surface area contributed by atoms with Gasteiger partial charge in [-0.3, -0.25) is 9.69 Å². The molecular weight excluding hydrogens is 404 g/mol. The maximum absolute atomic E-state index is 12.8. The number of carbonyl (C=O) groups excluding carboxylic acids is 1. The number of hydrogen-bond acceptors (Lipinski definition) is 6. The van der Waals surface area contributed by atoms with Gasteiger partial charge in [-0.15, -0.1) is 0 Å². The zero-order valence-corrected chi connectivity index (χ0v) is 17.5. The molecule has 1 fully saturated rings. The molecule has 2 N–H and O–H groups in total. The molecule has 8 heteroatoms. The predicted octanol–water partition coefficient (Wildman–Crippen LogP) is 4.50. The van der Waals surface area contributed by atoms with Gasteiger partial charge in [0.15, 0.2) is 5.17 Å². The lowest BCUT2D eigenvalue weighted by molar-refractivity contribution is -0.122. The predicted molar refractivity (Wildman–Crippen MR) is 117 cm³/mol. The molecule has 2 aromatic carbocycles. The van der Waals surface area contributed by atoms with Gasteiger partial charge in [0, 0.05) is 12.6 Å². The van der Waals surface area contributed by atoms with Crippen LogP contribution >= 0.6 is 11.8 Å². The number of amides is 1. The maximum Gasteiger partial charge on any atom is 0.339 e. The van der Waals surface area contributed by atoms with E-state index in [1.165, 1.54) is 34.9 Å². The van der Waals surface area contributed by atoms with Crippen LogP contribution in [0.5, 0.6) is 11.5 Å². The Hall–Kier alpha value is -3.26. The number of hydrogen-bond donors (Lipinski definition) is 2. The third-order valence-corrected chi connectivity index (χ3v) is 5.30. The van der Waals surface area contributed by atoms with Crippen molar-refractivity contribution in [2.45, 2.75) is 20.3 Å². The van der Waals surface area contributed by atoms with Crippen LogP contribution in [0.4, 0.5) is 5.69 Å². The van der Waals surface area contributed by atoms with Gasteiger partial charge in [0.2, 0.25) is 0 Å². The van der Waals surface area contributed by atoms with Gasteiger partial charge in [0.1, 0.15) is 17.1 Å². The zero-order valence-electron chi connectivity index (χ0n) is 16.7. The van der Waals surface area contributed by atoms with Crippen molar-refractivity contribution in [1.82, 2.24) is 4.90 Å². The Morgan fingerprint density at radius 2 is 1.93 bits per heavy atom. The summed E-state index contributed by atoms with van der Waals surface area (Å²) in [5.41, 5.74) is 1.04. The Balaban J connectivity index is 1.84. The molecule has 2 aromatic rings. The minimum absolute atomic E-state index is 0.154. The second-order valence-corrected chi connectivity index (χ2v) is 7.49. The van der Waals surface area contributed by atoms with E-state index in [0.717, 1.165) is 17.7 Å². The summed E-state index contributed by atoms with van der Waals surface area (Å²) in [4.78, 5) is 30.3. The molecular formula is C22H22N2O5S. The Morgan fingerprint density at radius 3 is 2.53 bits per heavy atom. The van der Waals surface area contributed by atoms with Crippen LogP contribution in [0.15, 0.2) is 52.4 Å². The van der Waals surface area contributed by atoms with Gasteiger partial charge in [0.25, 0.3) is 5.91 Å². The molecule has 3 rings (SSSR count). The Morgan fingerprint density at radius 1 is 1.20 bits per heavy atom. The number of rotatable bonds is 7. The topological polar surface area (TPSA) is 99.4 Å². The molecule has 156 valence electrons. The van der Waals surface area contributed by atoms with Crippen LogP contribution in [0.3, 0.4) is 0 Å². The fourth-order valence-electron chi connectivity index (χ4n) is 2.78. The number of ether oxygens (including phenoxy) is 1. The molecule has 7 nitrogen and oxygen atoms in total. The average molecular weight is 426 g/mol. The van der Waals surface area contributed by atoms with Gasteiger partial charge in [-0.2, -0.15) is 0 Å². The second kappa shape index (κ2) is 9.49. The van der Waals surface area contributed by atoms with Crippen LogP contribution in [0, 0.1) is 0 Å². The van der Waals surface area contributed by atoms with Crippen LogP contribution in [0.2, 0.25) is 0 Å². The van der Waals surface area contributed by atoms with Gasteiger partial charge in [-0.1, -0.05) is 19.1 Å². The Labute approximate surface area is 178 Å². The van der Waals surface area contributed by atoms with E-state index in [1.54, 1.807) is 6.08 Å². The molecule has 1 amide bonds. The highest BCUT2D eigenvalue weighted by Crippen LogP contribution is 2.35. The highest BCUT2D eigenvalue weighted by atomic mass is 32.2. The lowest BCUT2D eigenvalue weighted by Crippen LogP contribution is -2.28. The lowest BCUT2D eigenvalue weighted by atomic mass is 10.2. The third-order valence-electron chi connectivity index (χ3n) is 4.29. The molecule has 0 bridgehead atoms. The number of aliphatic imine (C=N–C) groups is 1. The number of aromatic hydroxyl groups is 1. The number of carbonyl (C=O) groups is 2. The molecule has 30 heavy (non-hydrogen) atoms. The van der Waals surface area contributed by atoms with E-state index in [2.05, 4.69) is 4.99 Å². The normalized spacial score (nSPS) is 16.5. The van der Waals surface area contributed by atoms with Gasteiger partial charge in [0.05, 0.1) is 17.2 Å². The van der Waals surface area contributed by atoms with Crippen LogP contribution in [-0.2, 0) is 4.79 Å². The highest BCUT2D eigenvalue weighted by Gasteiger charge is 2.32. The smallest absolute Gasteiger partial charge is 0.339 e. The molecule has 0 atom stereocenters. The highest BCUT2D eigenvalue weighted by molar-refractivity contribution is 8.18. The van der Waals surface area contributed by atoms with Gasteiger partial charge in [-0.25, -0.2) is 9.79 Å². The average Bonchev–Trinajstić information content (AvgIpc) is 3.01. The number of carboxylic acids is 1. The second-order valence-electron chi connectivity index (χ2n) is 6.48. The number of benzene rings is 2. The summed E-state index contributed by atoms with van der Waals surface area (Å²) in [6.07, 6.45) is 2.73. The quantitative estimate of drug-likeness (QED) is 0.632. The minimum Gasteiger partial charge on any atom is -0.507 e. The number of thioether (sulfide) groups is 1. The SMILES string of the molecule is CCCOc1ccc(/C=C2\SC(=Nc3ccc(C(=O)O)c(O)c3)N(CC)C2=O)cc1. The van der Waals surface area contributed by atoms with E-state index in [9.17, 15) is 14.7 Å². The maximum atomic E-state index is 12.8. The summed E-state index contributed by atoms with van der Waals surface area (Å²) in [5.74, 6) is -0.961. The van der Waals surface area contributed by atoms with Crippen molar-refractivity contribution >= 4 is 40.6 Å². The zero-order chi connectivity index (χ0) is 21.7. The standard InChI is InChI=1S/C22H22N2O5S/c1-3-11-29-16-8-5-14(6-9-16)12-19-20(26)24(4-2)22(30-19)23-15-7-10-17(21(27)28)18(25)13-15/h5-10,12-13,25H,3-4,11H2,1-2H3,(H,27,28)/b19-12-,23-22?. The first-order valence-corrected chi connectivity index (χ1v) is 10.3. The molecule has 0 radical (unpaired) electrons. The molecule has 0 unspecified atom stereocenters. The first-order chi connectivity index (χ1) is 14.4. The minimum atomic E-state index is -1.22. The molecule has 1 heterocycles. The van der Waals surface area contributed by atoms with Crippen molar-refractivity contribution in [3.63, 3.8) is 0 Å². The Kier molecular flexibility index (Phi) is 6.79. The van der Waals surface area contributed by atoms with E-state index in [0.29, 0.717) is 28.9 Å². The Bertz CT molecular complexity index is 1010. The first kappa shape index (κ1) is 21.4. The van der Waals surface area contributed by atoms with Crippen LogP contribution in [0.25, 0.3) is 6.08 Å². The molecule has 1 aliphatic heterocycles. The van der Waals surface area contributed by atoms with Crippen molar-refractivity contribution in [3.8, 4) is 11.5 Å². The summed E-state index contributed by atoms with van der Waals surface area (Å²) >= 11 is 1.23. The van der Waals surface area contributed by atoms with Crippen molar-refractivity contribution in [2.75, 3.05) is 13.2 Å². The van der Waals surface area contributed by atoms with Crippen LogP contribution < -0.4 is 4.74 Å². The van der Waals surface area contributed by atoms with Gasteiger partial charge in [-0.05, 0) is 61.0 Å². The number of likely N-dealkylation sites (N-methyl/N-ethyl adjacent to an activating group) is 1. The summed E-state index contributed by atoms with van der Waals surface area (Å²) in [6, 6.07) is 11.6. The van der Waals surface area contributed by atoms with Crippen LogP contribution in [0.1, 0.15) is 36.2 Å². The van der Waals surface area contributed by atoms with Crippen LogP contribution in [-0.4, -0.2) is 45.3 Å². The molecule has 0 aliphatic carbocycles. The van der Waals surface area contributed by atoms with E-state index in [1.807, 2.05) is 38.1 Å². The number of amidine groups is 1. The largest absolute Gasteiger partial charge is 0.507 e.